The first kappa shape index (κ1) is 32.9. The van der Waals surface area contributed by atoms with E-state index in [-0.39, 0.29) is 13.2 Å². The number of aliphatic hydroxyl groups is 3. The standard InChI is InChI=1S/C37H44O7/c1-3-31(38)23-41-34-13-5-27(6-14-34)21-29-9-17-36(18-10-29)43-25-33(40)26-44-37-19-11-30(12-20-37)22-28-7-15-35(16-8-28)42-24-32(39)4-2/h5-20,31-33,38-40H,3-4,21-26H2,1-2H3. The molecule has 0 aromatic heterocycles. The lowest BCUT2D eigenvalue weighted by atomic mass is 10.0. The van der Waals surface area contributed by atoms with Crippen LogP contribution in [0.4, 0.5) is 0 Å². The Balaban J connectivity index is 1.14. The molecule has 7 nitrogen and oxygen atoms in total. The summed E-state index contributed by atoms with van der Waals surface area (Å²) in [5, 5.41) is 29.7. The highest BCUT2D eigenvalue weighted by Crippen LogP contribution is 2.20. The smallest absolute Gasteiger partial charge is 0.122 e. The van der Waals surface area contributed by atoms with Crippen LogP contribution in [0.5, 0.6) is 23.0 Å². The van der Waals surface area contributed by atoms with Gasteiger partial charge in [-0.2, -0.15) is 0 Å². The van der Waals surface area contributed by atoms with Crippen molar-refractivity contribution in [2.24, 2.45) is 0 Å². The lowest BCUT2D eigenvalue weighted by Crippen LogP contribution is -2.25. The van der Waals surface area contributed by atoms with Crippen molar-refractivity contribution in [3.63, 3.8) is 0 Å². The minimum Gasteiger partial charge on any atom is -0.491 e. The lowest BCUT2D eigenvalue weighted by Gasteiger charge is -2.14. The molecule has 0 fully saturated rings. The molecule has 4 aromatic rings. The summed E-state index contributed by atoms with van der Waals surface area (Å²) in [6, 6.07) is 31.5. The summed E-state index contributed by atoms with van der Waals surface area (Å²) >= 11 is 0. The molecule has 0 bridgehead atoms. The van der Waals surface area contributed by atoms with E-state index < -0.39 is 18.3 Å². The number of ether oxygens (including phenoxy) is 4. The Morgan fingerprint density at radius 1 is 0.386 bits per heavy atom. The first-order chi connectivity index (χ1) is 21.4. The molecule has 4 aromatic carbocycles. The van der Waals surface area contributed by atoms with Gasteiger partial charge in [0.05, 0.1) is 12.2 Å². The maximum Gasteiger partial charge on any atom is 0.122 e. The van der Waals surface area contributed by atoms with Gasteiger partial charge in [-0.15, -0.1) is 0 Å². The van der Waals surface area contributed by atoms with E-state index in [4.69, 9.17) is 18.9 Å². The van der Waals surface area contributed by atoms with E-state index in [1.54, 1.807) is 0 Å². The van der Waals surface area contributed by atoms with Crippen LogP contribution >= 0.6 is 0 Å². The molecular weight excluding hydrogens is 556 g/mol. The number of hydrogen-bond donors (Lipinski definition) is 3. The third-order valence-corrected chi connectivity index (χ3v) is 7.22. The van der Waals surface area contributed by atoms with Crippen molar-refractivity contribution in [3.8, 4) is 23.0 Å². The van der Waals surface area contributed by atoms with Crippen molar-refractivity contribution in [1.82, 2.24) is 0 Å². The Bertz CT molecular complexity index is 1250. The summed E-state index contributed by atoms with van der Waals surface area (Å²) in [5.74, 6) is 2.88. The predicted octanol–water partition coefficient (Wildman–Crippen LogP) is 5.99. The Morgan fingerprint density at radius 3 is 0.841 bits per heavy atom. The normalized spacial score (nSPS) is 13.1. The molecule has 0 spiro atoms. The highest BCUT2D eigenvalue weighted by atomic mass is 16.5. The number of aliphatic hydroxyl groups excluding tert-OH is 3. The van der Waals surface area contributed by atoms with Gasteiger partial charge in [-0.05, 0) is 96.5 Å². The van der Waals surface area contributed by atoms with Crippen molar-refractivity contribution >= 4 is 0 Å². The summed E-state index contributed by atoms with van der Waals surface area (Å²) in [6.45, 7) is 4.70. The van der Waals surface area contributed by atoms with E-state index in [1.807, 2.05) is 111 Å². The minimum absolute atomic E-state index is 0.128. The van der Waals surface area contributed by atoms with E-state index >= 15 is 0 Å². The Hall–Kier alpha value is -4.04. The topological polar surface area (TPSA) is 97.6 Å². The molecule has 0 amide bonds. The zero-order chi connectivity index (χ0) is 31.1. The molecule has 2 unspecified atom stereocenters. The van der Waals surface area contributed by atoms with Crippen LogP contribution in [0.1, 0.15) is 48.9 Å². The van der Waals surface area contributed by atoms with E-state index in [0.29, 0.717) is 37.6 Å². The van der Waals surface area contributed by atoms with E-state index in [2.05, 4.69) is 0 Å². The van der Waals surface area contributed by atoms with Crippen molar-refractivity contribution < 1.29 is 34.3 Å². The predicted molar refractivity (Wildman–Crippen MR) is 172 cm³/mol. The maximum absolute atomic E-state index is 10.4. The molecule has 3 N–H and O–H groups in total. The van der Waals surface area contributed by atoms with Crippen molar-refractivity contribution in [3.05, 3.63) is 119 Å². The molecule has 44 heavy (non-hydrogen) atoms. The molecule has 0 aliphatic carbocycles. The Labute approximate surface area is 260 Å². The van der Waals surface area contributed by atoms with Gasteiger partial charge in [-0.25, -0.2) is 0 Å². The van der Waals surface area contributed by atoms with Crippen LogP contribution in [0, 0.1) is 0 Å². The number of hydrogen-bond acceptors (Lipinski definition) is 7. The maximum atomic E-state index is 10.4. The summed E-state index contributed by atoms with van der Waals surface area (Å²) in [4.78, 5) is 0. The zero-order valence-electron chi connectivity index (χ0n) is 25.6. The quantitative estimate of drug-likeness (QED) is 0.129. The number of rotatable bonds is 18. The summed E-state index contributed by atoms with van der Waals surface area (Å²) < 4.78 is 22.8. The third kappa shape index (κ3) is 11.2. The van der Waals surface area contributed by atoms with Crippen LogP contribution in [-0.4, -0.2) is 60.1 Å². The molecule has 0 aliphatic rings. The van der Waals surface area contributed by atoms with Gasteiger partial charge in [-0.1, -0.05) is 62.4 Å². The molecule has 0 saturated heterocycles. The molecule has 0 aliphatic heterocycles. The van der Waals surface area contributed by atoms with Gasteiger partial charge >= 0.3 is 0 Å². The van der Waals surface area contributed by atoms with Gasteiger partial charge in [0.25, 0.3) is 0 Å². The average molecular weight is 601 g/mol. The molecule has 2 atom stereocenters. The van der Waals surface area contributed by atoms with Crippen LogP contribution in [0.2, 0.25) is 0 Å². The summed E-state index contributed by atoms with van der Waals surface area (Å²) in [6.07, 6.45) is 1.23. The zero-order valence-corrected chi connectivity index (χ0v) is 25.6. The first-order valence-corrected chi connectivity index (χ1v) is 15.3. The van der Waals surface area contributed by atoms with Crippen LogP contribution in [-0.2, 0) is 12.8 Å². The van der Waals surface area contributed by atoms with Gasteiger partial charge in [-0.3, -0.25) is 0 Å². The third-order valence-electron chi connectivity index (χ3n) is 7.22. The number of benzene rings is 4. The second-order valence-corrected chi connectivity index (χ2v) is 11.0. The van der Waals surface area contributed by atoms with Crippen LogP contribution in [0.3, 0.4) is 0 Å². The fourth-order valence-electron chi connectivity index (χ4n) is 4.34. The molecular formula is C37H44O7. The first-order valence-electron chi connectivity index (χ1n) is 15.3. The molecule has 234 valence electrons. The molecule has 0 heterocycles. The highest BCUT2D eigenvalue weighted by Gasteiger charge is 2.09. The monoisotopic (exact) mass is 600 g/mol. The van der Waals surface area contributed by atoms with Gasteiger partial charge in [0.1, 0.15) is 55.5 Å². The van der Waals surface area contributed by atoms with Crippen molar-refractivity contribution in [1.29, 1.82) is 0 Å². The van der Waals surface area contributed by atoms with Gasteiger partial charge in [0.2, 0.25) is 0 Å². The average Bonchev–Trinajstić information content (AvgIpc) is 3.06. The fourth-order valence-corrected chi connectivity index (χ4v) is 4.34. The second kappa shape index (κ2) is 17.3. The van der Waals surface area contributed by atoms with Crippen LogP contribution < -0.4 is 18.9 Å². The van der Waals surface area contributed by atoms with E-state index in [1.165, 1.54) is 0 Å². The van der Waals surface area contributed by atoms with E-state index in [0.717, 1.165) is 46.6 Å². The highest BCUT2D eigenvalue weighted by molar-refractivity contribution is 5.35. The summed E-state index contributed by atoms with van der Waals surface area (Å²) in [5.41, 5.74) is 4.61. The summed E-state index contributed by atoms with van der Waals surface area (Å²) in [7, 11) is 0. The molecule has 7 heteroatoms. The molecule has 0 radical (unpaired) electrons. The second-order valence-electron chi connectivity index (χ2n) is 11.0. The largest absolute Gasteiger partial charge is 0.491 e. The fraction of sp³-hybridized carbons (Fsp3) is 0.351. The van der Waals surface area contributed by atoms with Crippen molar-refractivity contribution in [2.75, 3.05) is 26.4 Å². The minimum atomic E-state index is -0.771. The Morgan fingerprint density at radius 2 is 0.614 bits per heavy atom. The van der Waals surface area contributed by atoms with Crippen LogP contribution in [0.25, 0.3) is 0 Å². The Kier molecular flexibility index (Phi) is 12.9. The SMILES string of the molecule is CCC(O)COc1ccc(Cc2ccc(OCC(O)COc3ccc(Cc4ccc(OCC(O)CC)cc4)cc3)cc2)cc1. The van der Waals surface area contributed by atoms with Crippen molar-refractivity contribution in [2.45, 2.75) is 57.8 Å². The van der Waals surface area contributed by atoms with Gasteiger partial charge in [0, 0.05) is 0 Å². The molecule has 0 saturated carbocycles. The van der Waals surface area contributed by atoms with Gasteiger partial charge in [0.15, 0.2) is 0 Å². The lowest BCUT2D eigenvalue weighted by molar-refractivity contribution is 0.0626. The van der Waals surface area contributed by atoms with Gasteiger partial charge < -0.3 is 34.3 Å². The van der Waals surface area contributed by atoms with E-state index in [9.17, 15) is 15.3 Å². The van der Waals surface area contributed by atoms with Crippen LogP contribution in [0.15, 0.2) is 97.1 Å². The molecule has 4 rings (SSSR count).